The minimum absolute atomic E-state index is 0.00551. The molecule has 3 N–H and O–H groups in total. The lowest BCUT2D eigenvalue weighted by atomic mass is 10.2. The molecule has 1 heterocycles. The second kappa shape index (κ2) is 12.2. The van der Waals surface area contributed by atoms with Gasteiger partial charge in [0.25, 0.3) is 0 Å². The molecule has 0 saturated carbocycles. The Kier molecular flexibility index (Phi) is 11.5. The molecule has 1 rings (SSSR count). The summed E-state index contributed by atoms with van der Waals surface area (Å²) in [7, 11) is 0. The molecule has 0 spiro atoms. The predicted molar refractivity (Wildman–Crippen MR) is 107 cm³/mol. The summed E-state index contributed by atoms with van der Waals surface area (Å²) in [5, 5.41) is 3.62. The van der Waals surface area contributed by atoms with Crippen LogP contribution in [-0.2, 0) is 26.9 Å². The van der Waals surface area contributed by atoms with Gasteiger partial charge in [-0.3, -0.25) is 16.0 Å². The fourth-order valence-corrected chi connectivity index (χ4v) is 2.07. The van der Waals surface area contributed by atoms with E-state index in [2.05, 4.69) is 15.3 Å². The van der Waals surface area contributed by atoms with E-state index in [-0.39, 0.29) is 25.4 Å². The maximum Gasteiger partial charge on any atom is 0.433 e. The van der Waals surface area contributed by atoms with Gasteiger partial charge in [0.2, 0.25) is 0 Å². The van der Waals surface area contributed by atoms with Gasteiger partial charge < -0.3 is 14.2 Å². The zero-order valence-corrected chi connectivity index (χ0v) is 18.9. The number of aromatic nitrogens is 2. The van der Waals surface area contributed by atoms with Gasteiger partial charge in [-0.1, -0.05) is 0 Å². The molecule has 0 aliphatic heterocycles. The summed E-state index contributed by atoms with van der Waals surface area (Å²) in [6.45, 7) is 14.3. The Bertz CT molecular complexity index is 635. The first-order valence-corrected chi connectivity index (χ1v) is 9.64. The number of nitrogens with zero attached hydrogens (tertiary/aromatic N) is 2. The maximum atomic E-state index is 13.1. The summed E-state index contributed by atoms with van der Waals surface area (Å²) >= 11 is 0. The molecule has 0 unspecified atom stereocenters. The Morgan fingerprint density at radius 1 is 1.10 bits per heavy atom. The van der Waals surface area contributed by atoms with E-state index in [1.54, 1.807) is 20.8 Å². The summed E-state index contributed by atoms with van der Waals surface area (Å²) in [6, 6.07) is 0. The van der Waals surface area contributed by atoms with Crippen LogP contribution in [-0.4, -0.2) is 53.3 Å². The molecule has 0 fully saturated rings. The summed E-state index contributed by atoms with van der Waals surface area (Å²) in [5.41, 5.74) is 0.312. The maximum absolute atomic E-state index is 13.1. The molecule has 8 nitrogen and oxygen atoms in total. The third-order valence-electron chi connectivity index (χ3n) is 3.22. The number of carbonyl (C=O) groups excluding carboxylic acids is 1. The summed E-state index contributed by atoms with van der Waals surface area (Å²) in [4.78, 5) is 11.6. The summed E-state index contributed by atoms with van der Waals surface area (Å²) in [5.74, 6) is 3.99. The SMILES string of the molecule is CC(C)(C)OCCNN.CCOC(=O)c1cnn(CCOC(C)(C)C)c1C(F)(F)F. The van der Waals surface area contributed by atoms with E-state index in [0.717, 1.165) is 10.9 Å². The van der Waals surface area contributed by atoms with Crippen molar-refractivity contribution in [2.45, 2.75) is 72.4 Å². The number of carbonyl (C=O) groups is 1. The normalized spacial score (nSPS) is 12.4. The van der Waals surface area contributed by atoms with Crippen molar-refractivity contribution in [1.29, 1.82) is 0 Å². The quantitative estimate of drug-likeness (QED) is 0.277. The molecule has 0 bridgehead atoms. The predicted octanol–water partition coefficient (Wildman–Crippen LogP) is 3.16. The van der Waals surface area contributed by atoms with Gasteiger partial charge in [0.05, 0.1) is 43.8 Å². The van der Waals surface area contributed by atoms with Crippen LogP contribution in [0.1, 0.15) is 64.5 Å². The Balaban J connectivity index is 0.000000787. The highest BCUT2D eigenvalue weighted by Gasteiger charge is 2.40. The molecule has 1 aromatic rings. The molecule has 11 heteroatoms. The minimum atomic E-state index is -4.69. The third kappa shape index (κ3) is 12.1. The van der Waals surface area contributed by atoms with E-state index in [1.165, 1.54) is 6.92 Å². The first-order chi connectivity index (χ1) is 13.6. The molecule has 176 valence electrons. The monoisotopic (exact) mass is 440 g/mol. The van der Waals surface area contributed by atoms with E-state index >= 15 is 0 Å². The van der Waals surface area contributed by atoms with E-state index in [9.17, 15) is 18.0 Å². The van der Waals surface area contributed by atoms with Crippen LogP contribution in [0.5, 0.6) is 0 Å². The number of hydrogen-bond donors (Lipinski definition) is 2. The fourth-order valence-electron chi connectivity index (χ4n) is 2.07. The lowest BCUT2D eigenvalue weighted by molar-refractivity contribution is -0.145. The third-order valence-corrected chi connectivity index (χ3v) is 3.22. The summed E-state index contributed by atoms with van der Waals surface area (Å²) in [6.07, 6.45) is -3.82. The number of hydrazine groups is 1. The molecule has 0 amide bonds. The van der Waals surface area contributed by atoms with Crippen molar-refractivity contribution in [2.75, 3.05) is 26.4 Å². The van der Waals surface area contributed by atoms with Gasteiger partial charge in [0.1, 0.15) is 5.56 Å². The van der Waals surface area contributed by atoms with E-state index in [1.807, 2.05) is 20.8 Å². The van der Waals surface area contributed by atoms with Crippen LogP contribution in [0.2, 0.25) is 0 Å². The minimum Gasteiger partial charge on any atom is -0.462 e. The van der Waals surface area contributed by atoms with Crippen LogP contribution >= 0.6 is 0 Å². The molecule has 0 saturated heterocycles. The van der Waals surface area contributed by atoms with Gasteiger partial charge >= 0.3 is 12.1 Å². The van der Waals surface area contributed by atoms with Gasteiger partial charge in [0, 0.05) is 6.54 Å². The highest BCUT2D eigenvalue weighted by Crippen LogP contribution is 2.32. The molecule has 0 atom stereocenters. The first kappa shape index (κ1) is 28.3. The number of nitrogens with one attached hydrogen (secondary N) is 1. The van der Waals surface area contributed by atoms with Crippen molar-refractivity contribution in [3.63, 3.8) is 0 Å². The lowest BCUT2D eigenvalue weighted by Gasteiger charge is -2.20. The van der Waals surface area contributed by atoms with Gasteiger partial charge in [-0.2, -0.15) is 18.3 Å². The van der Waals surface area contributed by atoms with Crippen LogP contribution in [0.3, 0.4) is 0 Å². The largest absolute Gasteiger partial charge is 0.462 e. The fraction of sp³-hybridized carbons (Fsp3) is 0.789. The lowest BCUT2D eigenvalue weighted by Crippen LogP contribution is -2.30. The van der Waals surface area contributed by atoms with Crippen molar-refractivity contribution < 1.29 is 32.2 Å². The van der Waals surface area contributed by atoms with Crippen LogP contribution in [0.15, 0.2) is 6.20 Å². The van der Waals surface area contributed by atoms with E-state index in [4.69, 9.17) is 15.3 Å². The highest BCUT2D eigenvalue weighted by molar-refractivity contribution is 5.90. The number of hydrogen-bond acceptors (Lipinski definition) is 7. The Morgan fingerprint density at radius 2 is 1.63 bits per heavy atom. The first-order valence-electron chi connectivity index (χ1n) is 9.64. The topological polar surface area (TPSA) is 101 Å². The highest BCUT2D eigenvalue weighted by atomic mass is 19.4. The Labute approximate surface area is 176 Å². The molecular weight excluding hydrogens is 405 g/mol. The number of rotatable bonds is 8. The average Bonchev–Trinajstić information content (AvgIpc) is 2.98. The number of esters is 1. The van der Waals surface area contributed by atoms with Crippen molar-refractivity contribution in [3.05, 3.63) is 17.5 Å². The van der Waals surface area contributed by atoms with Gasteiger partial charge in [0.15, 0.2) is 5.69 Å². The molecule has 30 heavy (non-hydrogen) atoms. The van der Waals surface area contributed by atoms with Crippen LogP contribution in [0.25, 0.3) is 0 Å². The zero-order chi connectivity index (χ0) is 23.6. The molecule has 0 aromatic carbocycles. The Hall–Kier alpha value is -1.69. The van der Waals surface area contributed by atoms with Crippen LogP contribution in [0, 0.1) is 0 Å². The number of nitrogens with two attached hydrogens (primary N) is 1. The smallest absolute Gasteiger partial charge is 0.433 e. The van der Waals surface area contributed by atoms with Gasteiger partial charge in [-0.25, -0.2) is 4.79 Å². The number of halogens is 3. The van der Waals surface area contributed by atoms with E-state index < -0.39 is 29.0 Å². The second-order valence-electron chi connectivity index (χ2n) is 8.22. The van der Waals surface area contributed by atoms with Crippen LogP contribution < -0.4 is 11.3 Å². The molecule has 0 aliphatic carbocycles. The zero-order valence-electron chi connectivity index (χ0n) is 18.9. The van der Waals surface area contributed by atoms with Gasteiger partial charge in [-0.15, -0.1) is 0 Å². The van der Waals surface area contributed by atoms with Crippen molar-refractivity contribution in [3.8, 4) is 0 Å². The number of alkyl halides is 3. The average molecular weight is 441 g/mol. The van der Waals surface area contributed by atoms with Crippen molar-refractivity contribution in [1.82, 2.24) is 15.2 Å². The molecular formula is C19H35F3N4O4. The molecule has 0 radical (unpaired) electrons. The van der Waals surface area contributed by atoms with Gasteiger partial charge in [-0.05, 0) is 48.5 Å². The second-order valence-corrected chi connectivity index (χ2v) is 8.22. The van der Waals surface area contributed by atoms with Crippen LogP contribution in [0.4, 0.5) is 13.2 Å². The van der Waals surface area contributed by atoms with E-state index in [0.29, 0.717) is 13.2 Å². The number of ether oxygens (including phenoxy) is 3. The van der Waals surface area contributed by atoms with Crippen molar-refractivity contribution in [2.24, 2.45) is 5.84 Å². The molecule has 0 aliphatic rings. The van der Waals surface area contributed by atoms with Crippen molar-refractivity contribution >= 4 is 5.97 Å². The summed E-state index contributed by atoms with van der Waals surface area (Å²) < 4.78 is 55.3. The standard InChI is InChI=1S/C13H19F3N2O3.C6H16N2O/c1-5-20-11(19)9-8-17-18(10(9)13(14,15)16)6-7-21-12(2,3)4;1-6(2,3)9-5-4-8-7/h8H,5-7H2,1-4H3;8H,4-5,7H2,1-3H3. The Morgan fingerprint density at radius 3 is 2.07 bits per heavy atom. The molecule has 1 aromatic heterocycles.